The zero-order chi connectivity index (χ0) is 23.2. The third-order valence-corrected chi connectivity index (χ3v) is 5.64. The van der Waals surface area contributed by atoms with Gasteiger partial charge in [-0.15, -0.1) is 0 Å². The molecule has 1 fully saturated rings. The Balaban J connectivity index is 1.31. The fourth-order valence-electron chi connectivity index (χ4n) is 3.80. The molecule has 2 aromatic heterocycles. The lowest BCUT2D eigenvalue weighted by Crippen LogP contribution is -2.49. The number of benzene rings is 1. The Labute approximate surface area is 190 Å². The first-order valence-electron chi connectivity index (χ1n) is 10.6. The van der Waals surface area contributed by atoms with Crippen molar-refractivity contribution in [1.29, 1.82) is 0 Å². The fourth-order valence-corrected chi connectivity index (χ4v) is 3.80. The van der Waals surface area contributed by atoms with E-state index in [1.165, 1.54) is 24.7 Å². The summed E-state index contributed by atoms with van der Waals surface area (Å²) in [5.74, 6) is 0.384. The lowest BCUT2D eigenvalue weighted by Gasteiger charge is -2.36. The molecule has 1 aliphatic rings. The average Bonchev–Trinajstić information content (AvgIpc) is 3.56. The number of carbonyl (C=O) groups is 2. The summed E-state index contributed by atoms with van der Waals surface area (Å²) < 4.78 is 10.4. The zero-order valence-electron chi connectivity index (χ0n) is 18.0. The van der Waals surface area contributed by atoms with E-state index in [9.17, 15) is 19.7 Å². The number of hydrogen-bond donors (Lipinski definition) is 0. The van der Waals surface area contributed by atoms with Gasteiger partial charge in [0.05, 0.1) is 29.6 Å². The monoisotopic (exact) mass is 452 g/mol. The van der Waals surface area contributed by atoms with Crippen molar-refractivity contribution < 1.29 is 23.3 Å². The van der Waals surface area contributed by atoms with Crippen LogP contribution in [0, 0.1) is 10.1 Å². The van der Waals surface area contributed by atoms with E-state index in [0.717, 1.165) is 5.69 Å². The van der Waals surface area contributed by atoms with Crippen LogP contribution in [-0.2, 0) is 11.3 Å². The maximum atomic E-state index is 12.8. The van der Waals surface area contributed by atoms with E-state index in [1.54, 1.807) is 46.4 Å². The Kier molecular flexibility index (Phi) is 6.72. The van der Waals surface area contributed by atoms with Crippen LogP contribution in [0.3, 0.4) is 0 Å². The Morgan fingerprint density at radius 1 is 1.03 bits per heavy atom. The second-order valence-electron chi connectivity index (χ2n) is 7.71. The molecule has 2 amide bonds. The highest BCUT2D eigenvalue weighted by atomic mass is 16.6. The van der Waals surface area contributed by atoms with E-state index in [2.05, 4.69) is 4.90 Å². The molecule has 33 heavy (non-hydrogen) atoms. The van der Waals surface area contributed by atoms with Gasteiger partial charge >= 0.3 is 0 Å². The van der Waals surface area contributed by atoms with Crippen molar-refractivity contribution in [1.82, 2.24) is 9.80 Å². The minimum absolute atomic E-state index is 0.0252. The van der Waals surface area contributed by atoms with E-state index >= 15 is 0 Å². The highest BCUT2D eigenvalue weighted by molar-refractivity contribution is 5.94. The highest BCUT2D eigenvalue weighted by Crippen LogP contribution is 2.21. The molecule has 10 heteroatoms. The number of hydrogen-bond acceptors (Lipinski definition) is 7. The van der Waals surface area contributed by atoms with Crippen LogP contribution in [0.15, 0.2) is 70.1 Å². The summed E-state index contributed by atoms with van der Waals surface area (Å²) in [5, 5.41) is 10.8. The summed E-state index contributed by atoms with van der Waals surface area (Å²) in [5.41, 5.74) is 1.37. The van der Waals surface area contributed by atoms with Gasteiger partial charge in [0.2, 0.25) is 5.91 Å². The molecular formula is C23H24N4O6. The molecule has 172 valence electrons. The van der Waals surface area contributed by atoms with Crippen molar-refractivity contribution >= 4 is 23.2 Å². The van der Waals surface area contributed by atoms with Crippen molar-refractivity contribution in [2.24, 2.45) is 0 Å². The number of anilines is 1. The van der Waals surface area contributed by atoms with Crippen molar-refractivity contribution in [3.8, 4) is 0 Å². The molecule has 0 spiro atoms. The molecule has 1 aromatic carbocycles. The first-order chi connectivity index (χ1) is 16.0. The van der Waals surface area contributed by atoms with Gasteiger partial charge in [0.15, 0.2) is 0 Å². The normalized spacial score (nSPS) is 13.7. The summed E-state index contributed by atoms with van der Waals surface area (Å²) in [6.07, 6.45) is 4.57. The summed E-state index contributed by atoms with van der Waals surface area (Å²) >= 11 is 0. The second-order valence-corrected chi connectivity index (χ2v) is 7.71. The Morgan fingerprint density at radius 2 is 1.79 bits per heavy atom. The predicted molar refractivity (Wildman–Crippen MR) is 119 cm³/mol. The first kappa shape index (κ1) is 22.1. The van der Waals surface area contributed by atoms with Crippen LogP contribution in [0.1, 0.15) is 22.5 Å². The van der Waals surface area contributed by atoms with Gasteiger partial charge in [-0.3, -0.25) is 19.7 Å². The molecule has 0 N–H and O–H groups in total. The topological polar surface area (TPSA) is 113 Å². The Hall–Kier alpha value is -4.08. The average molecular weight is 452 g/mol. The van der Waals surface area contributed by atoms with Crippen LogP contribution in [0.4, 0.5) is 11.4 Å². The second kappa shape index (κ2) is 10.0. The molecule has 0 bridgehead atoms. The number of furan rings is 2. The van der Waals surface area contributed by atoms with Crippen LogP contribution >= 0.6 is 0 Å². The summed E-state index contributed by atoms with van der Waals surface area (Å²) in [7, 11) is 0. The van der Waals surface area contributed by atoms with E-state index < -0.39 is 4.92 Å². The van der Waals surface area contributed by atoms with Crippen LogP contribution in [0.2, 0.25) is 0 Å². The Morgan fingerprint density at radius 3 is 2.39 bits per heavy atom. The summed E-state index contributed by atoms with van der Waals surface area (Å²) in [6, 6.07) is 11.6. The molecule has 0 aliphatic carbocycles. The number of carbonyl (C=O) groups excluding carboxylic acids is 2. The zero-order valence-corrected chi connectivity index (χ0v) is 18.0. The molecule has 1 aliphatic heterocycles. The van der Waals surface area contributed by atoms with Crippen molar-refractivity contribution in [2.75, 3.05) is 37.6 Å². The van der Waals surface area contributed by atoms with E-state index in [1.807, 2.05) is 0 Å². The van der Waals surface area contributed by atoms with Gasteiger partial charge in [-0.05, 0) is 30.3 Å². The first-order valence-corrected chi connectivity index (χ1v) is 10.6. The molecular weight excluding hydrogens is 428 g/mol. The fraction of sp³-hybridized carbons (Fsp3) is 0.304. The number of piperazine rings is 1. The lowest BCUT2D eigenvalue weighted by atomic mass is 10.2. The highest BCUT2D eigenvalue weighted by Gasteiger charge is 2.24. The molecule has 0 saturated carbocycles. The SMILES string of the molecule is O=C(CCN(Cc1ccco1)C(=O)c1ccoc1)N1CCN(c2ccc([N+](=O)[O-])cc2)CC1. The number of nitro benzene ring substituents is 1. The standard InChI is InChI=1S/C23H24N4O6/c28-22(25-12-10-24(11-13-25)19-3-5-20(6-4-19)27(30)31)7-9-26(16-21-2-1-14-33-21)23(29)18-8-15-32-17-18/h1-6,8,14-15,17H,7,9-13,16H2. The number of rotatable bonds is 8. The number of nitrogens with zero attached hydrogens (tertiary/aromatic N) is 4. The van der Waals surface area contributed by atoms with Gasteiger partial charge in [-0.1, -0.05) is 0 Å². The minimum atomic E-state index is -0.424. The van der Waals surface area contributed by atoms with Crippen LogP contribution in [0.25, 0.3) is 0 Å². The van der Waals surface area contributed by atoms with Gasteiger partial charge in [0.25, 0.3) is 11.6 Å². The van der Waals surface area contributed by atoms with Gasteiger partial charge in [-0.25, -0.2) is 0 Å². The minimum Gasteiger partial charge on any atom is -0.472 e. The summed E-state index contributed by atoms with van der Waals surface area (Å²) in [4.78, 5) is 41.5. The molecule has 3 heterocycles. The molecule has 4 rings (SSSR count). The van der Waals surface area contributed by atoms with Gasteiger partial charge in [0.1, 0.15) is 12.0 Å². The molecule has 1 saturated heterocycles. The van der Waals surface area contributed by atoms with Gasteiger partial charge < -0.3 is 23.5 Å². The molecule has 0 atom stereocenters. The van der Waals surface area contributed by atoms with Crippen LogP contribution in [-0.4, -0.2) is 59.3 Å². The molecule has 3 aromatic rings. The van der Waals surface area contributed by atoms with Crippen LogP contribution in [0.5, 0.6) is 0 Å². The summed E-state index contributed by atoms with van der Waals surface area (Å²) in [6.45, 7) is 2.87. The largest absolute Gasteiger partial charge is 0.472 e. The lowest BCUT2D eigenvalue weighted by molar-refractivity contribution is -0.384. The predicted octanol–water partition coefficient (Wildman–Crippen LogP) is 3.16. The molecule has 10 nitrogen and oxygen atoms in total. The Bertz CT molecular complexity index is 1070. The smallest absolute Gasteiger partial charge is 0.269 e. The number of non-ortho nitro benzene ring substituents is 1. The van der Waals surface area contributed by atoms with Crippen molar-refractivity contribution in [3.63, 3.8) is 0 Å². The van der Waals surface area contributed by atoms with Crippen molar-refractivity contribution in [3.05, 3.63) is 82.7 Å². The van der Waals surface area contributed by atoms with E-state index in [-0.39, 0.29) is 37.0 Å². The van der Waals surface area contributed by atoms with E-state index in [0.29, 0.717) is 37.5 Å². The maximum absolute atomic E-state index is 12.8. The quantitative estimate of drug-likeness (QED) is 0.381. The van der Waals surface area contributed by atoms with E-state index in [4.69, 9.17) is 8.83 Å². The molecule has 0 radical (unpaired) electrons. The maximum Gasteiger partial charge on any atom is 0.269 e. The third kappa shape index (κ3) is 5.40. The number of amides is 2. The number of nitro groups is 1. The van der Waals surface area contributed by atoms with Crippen LogP contribution < -0.4 is 4.90 Å². The van der Waals surface area contributed by atoms with Gasteiger partial charge in [0, 0.05) is 57.0 Å². The van der Waals surface area contributed by atoms with Crippen molar-refractivity contribution in [2.45, 2.75) is 13.0 Å². The third-order valence-electron chi connectivity index (χ3n) is 5.64. The van der Waals surface area contributed by atoms with Gasteiger partial charge in [-0.2, -0.15) is 0 Å². The molecule has 0 unspecified atom stereocenters.